The number of carbonyl (C=O) groups is 1. The van der Waals surface area contributed by atoms with Gasteiger partial charge in [0.1, 0.15) is 10.7 Å². The molecule has 0 unspecified atom stereocenters. The monoisotopic (exact) mass is 438 g/mol. The van der Waals surface area contributed by atoms with Crippen LogP contribution < -0.4 is 16.7 Å². The Morgan fingerprint density at radius 1 is 1.17 bits per heavy atom. The van der Waals surface area contributed by atoms with Gasteiger partial charge in [-0.3, -0.25) is 9.59 Å². The molecule has 0 aliphatic heterocycles. The van der Waals surface area contributed by atoms with Crippen LogP contribution in [0.2, 0.25) is 0 Å². The number of nitrogens with one attached hydrogen (secondary N) is 1. The van der Waals surface area contributed by atoms with Crippen molar-refractivity contribution in [3.8, 4) is 10.6 Å². The van der Waals surface area contributed by atoms with E-state index in [0.717, 1.165) is 37.2 Å². The van der Waals surface area contributed by atoms with Crippen molar-refractivity contribution in [2.75, 3.05) is 16.9 Å². The van der Waals surface area contributed by atoms with Gasteiger partial charge < -0.3 is 11.2 Å². The third-order valence-electron chi connectivity index (χ3n) is 4.31. The van der Waals surface area contributed by atoms with Crippen LogP contribution >= 0.6 is 23.1 Å². The molecular formula is C20H18N6O2S2. The molecule has 0 spiro atoms. The van der Waals surface area contributed by atoms with Crippen molar-refractivity contribution in [3.05, 3.63) is 64.1 Å². The summed E-state index contributed by atoms with van der Waals surface area (Å²) in [6.45, 7) is 3.59. The zero-order valence-corrected chi connectivity index (χ0v) is 17.9. The molecule has 1 amide bonds. The first-order valence-electron chi connectivity index (χ1n) is 9.02. The van der Waals surface area contributed by atoms with E-state index in [1.54, 1.807) is 11.3 Å². The summed E-state index contributed by atoms with van der Waals surface area (Å²) in [7, 11) is 0. The van der Waals surface area contributed by atoms with Gasteiger partial charge in [-0.1, -0.05) is 17.8 Å². The smallest absolute Gasteiger partial charge is 0.294 e. The molecule has 0 aliphatic rings. The highest BCUT2D eigenvalue weighted by atomic mass is 32.2. The maximum atomic E-state index is 12.2. The lowest BCUT2D eigenvalue weighted by molar-refractivity contribution is -0.113. The molecule has 2 heterocycles. The Kier molecular flexibility index (Phi) is 5.51. The summed E-state index contributed by atoms with van der Waals surface area (Å²) in [5, 5.41) is 11.5. The zero-order valence-electron chi connectivity index (χ0n) is 16.2. The van der Waals surface area contributed by atoms with Gasteiger partial charge in [-0.2, -0.15) is 4.68 Å². The molecule has 0 atom stereocenters. The van der Waals surface area contributed by atoms with E-state index in [9.17, 15) is 9.59 Å². The molecule has 4 rings (SSSR count). The highest BCUT2D eigenvalue weighted by Gasteiger charge is 2.11. The van der Waals surface area contributed by atoms with E-state index in [0.29, 0.717) is 5.69 Å². The summed E-state index contributed by atoms with van der Waals surface area (Å²) >= 11 is 2.68. The van der Waals surface area contributed by atoms with Crippen LogP contribution in [0.4, 0.5) is 5.69 Å². The SMILES string of the molecule is Cc1ccc2nc(-c3ccc(NC(=O)CSc4nnc(C)c(=O)n4N)cc3)sc2c1. The van der Waals surface area contributed by atoms with Crippen molar-refractivity contribution >= 4 is 44.9 Å². The number of nitrogen functional groups attached to an aromatic ring is 1. The molecule has 2 aromatic heterocycles. The van der Waals surface area contributed by atoms with Gasteiger partial charge in [-0.05, 0) is 55.8 Å². The number of carbonyl (C=O) groups excluding carboxylic acids is 1. The fourth-order valence-electron chi connectivity index (χ4n) is 2.75. The van der Waals surface area contributed by atoms with Crippen molar-refractivity contribution in [1.82, 2.24) is 19.9 Å². The first-order chi connectivity index (χ1) is 14.4. The van der Waals surface area contributed by atoms with Gasteiger partial charge in [0, 0.05) is 11.3 Å². The zero-order chi connectivity index (χ0) is 21.3. The van der Waals surface area contributed by atoms with Gasteiger partial charge in [-0.15, -0.1) is 21.5 Å². The molecule has 10 heteroatoms. The van der Waals surface area contributed by atoms with E-state index in [1.807, 2.05) is 30.3 Å². The molecular weight excluding hydrogens is 420 g/mol. The fraction of sp³-hybridized carbons (Fsp3) is 0.150. The Labute approximate surface area is 180 Å². The van der Waals surface area contributed by atoms with Crippen LogP contribution in [0.25, 0.3) is 20.8 Å². The molecule has 3 N–H and O–H groups in total. The quantitative estimate of drug-likeness (QED) is 0.363. The Hall–Kier alpha value is -3.24. The molecule has 0 radical (unpaired) electrons. The minimum absolute atomic E-state index is 0.0490. The van der Waals surface area contributed by atoms with Gasteiger partial charge >= 0.3 is 0 Å². The predicted octanol–water partition coefficient (Wildman–Crippen LogP) is 2.98. The van der Waals surface area contributed by atoms with Crippen LogP contribution in [0.15, 0.2) is 52.4 Å². The number of aryl methyl sites for hydroxylation is 2. The molecule has 8 nitrogen and oxygen atoms in total. The second kappa shape index (κ2) is 8.25. The van der Waals surface area contributed by atoms with Crippen molar-refractivity contribution in [3.63, 3.8) is 0 Å². The fourth-order valence-corrected chi connectivity index (χ4v) is 4.47. The third-order valence-corrected chi connectivity index (χ3v) is 6.32. The Balaban J connectivity index is 1.41. The van der Waals surface area contributed by atoms with Gasteiger partial charge in [0.05, 0.1) is 16.0 Å². The van der Waals surface area contributed by atoms with E-state index >= 15 is 0 Å². The van der Waals surface area contributed by atoms with Gasteiger partial charge in [0.25, 0.3) is 5.56 Å². The number of benzene rings is 2. The van der Waals surface area contributed by atoms with Crippen LogP contribution in [0.5, 0.6) is 0 Å². The largest absolute Gasteiger partial charge is 0.334 e. The number of anilines is 1. The number of hydrogen-bond donors (Lipinski definition) is 2. The second-order valence-corrected chi connectivity index (χ2v) is 8.62. The van der Waals surface area contributed by atoms with E-state index in [2.05, 4.69) is 39.6 Å². The molecule has 152 valence electrons. The number of thioether (sulfide) groups is 1. The van der Waals surface area contributed by atoms with Crippen LogP contribution in [0.3, 0.4) is 0 Å². The molecule has 0 saturated carbocycles. The highest BCUT2D eigenvalue weighted by molar-refractivity contribution is 7.99. The highest BCUT2D eigenvalue weighted by Crippen LogP contribution is 2.31. The van der Waals surface area contributed by atoms with Crippen molar-refractivity contribution < 1.29 is 4.79 Å². The standard InChI is InChI=1S/C20H18N6O2S2/c1-11-3-8-15-16(9-11)30-18(23-15)13-4-6-14(7-5-13)22-17(27)10-29-20-25-24-12(2)19(28)26(20)21/h3-9H,10,21H2,1-2H3,(H,22,27). The normalized spacial score (nSPS) is 11.0. The first kappa shape index (κ1) is 20.0. The van der Waals surface area contributed by atoms with Crippen molar-refractivity contribution in [2.45, 2.75) is 19.0 Å². The minimum Gasteiger partial charge on any atom is -0.334 e. The summed E-state index contributed by atoms with van der Waals surface area (Å²) in [5.41, 5.74) is 3.61. The lowest BCUT2D eigenvalue weighted by Gasteiger charge is -2.07. The predicted molar refractivity (Wildman–Crippen MR) is 120 cm³/mol. The molecule has 0 aliphatic carbocycles. The lowest BCUT2D eigenvalue weighted by Crippen LogP contribution is -2.32. The van der Waals surface area contributed by atoms with E-state index in [1.165, 1.54) is 12.5 Å². The number of nitrogens with zero attached hydrogens (tertiary/aromatic N) is 4. The number of aromatic nitrogens is 4. The summed E-state index contributed by atoms with van der Waals surface area (Å²) < 4.78 is 2.05. The molecule has 4 aromatic rings. The maximum absolute atomic E-state index is 12.2. The van der Waals surface area contributed by atoms with Crippen molar-refractivity contribution in [2.24, 2.45) is 0 Å². The van der Waals surface area contributed by atoms with E-state index < -0.39 is 5.56 Å². The Bertz CT molecular complexity index is 1300. The summed E-state index contributed by atoms with van der Waals surface area (Å²) in [4.78, 5) is 28.7. The third kappa shape index (κ3) is 4.19. The van der Waals surface area contributed by atoms with Crippen LogP contribution in [0, 0.1) is 13.8 Å². The molecule has 0 bridgehead atoms. The molecule has 2 aromatic carbocycles. The number of nitrogens with two attached hydrogens (primary N) is 1. The summed E-state index contributed by atoms with van der Waals surface area (Å²) in [5.74, 6) is 5.49. The number of hydrogen-bond acceptors (Lipinski definition) is 8. The average Bonchev–Trinajstić information content (AvgIpc) is 3.15. The van der Waals surface area contributed by atoms with E-state index in [4.69, 9.17) is 5.84 Å². The van der Waals surface area contributed by atoms with Gasteiger partial charge in [-0.25, -0.2) is 4.98 Å². The summed E-state index contributed by atoms with van der Waals surface area (Å²) in [6.07, 6.45) is 0. The number of rotatable bonds is 5. The number of fused-ring (bicyclic) bond motifs is 1. The Morgan fingerprint density at radius 3 is 2.70 bits per heavy atom. The second-order valence-electron chi connectivity index (χ2n) is 6.65. The van der Waals surface area contributed by atoms with Crippen molar-refractivity contribution in [1.29, 1.82) is 0 Å². The molecule has 30 heavy (non-hydrogen) atoms. The number of thiazole rings is 1. The number of amides is 1. The van der Waals surface area contributed by atoms with Crippen LogP contribution in [-0.2, 0) is 4.79 Å². The van der Waals surface area contributed by atoms with Gasteiger partial charge in [0.2, 0.25) is 11.1 Å². The Morgan fingerprint density at radius 2 is 1.93 bits per heavy atom. The maximum Gasteiger partial charge on any atom is 0.294 e. The van der Waals surface area contributed by atoms with Crippen LogP contribution in [-0.4, -0.2) is 31.5 Å². The minimum atomic E-state index is -0.437. The molecule has 0 fully saturated rings. The van der Waals surface area contributed by atoms with E-state index in [-0.39, 0.29) is 22.5 Å². The average molecular weight is 439 g/mol. The van der Waals surface area contributed by atoms with Crippen LogP contribution in [0.1, 0.15) is 11.3 Å². The first-order valence-corrected chi connectivity index (χ1v) is 10.8. The lowest BCUT2D eigenvalue weighted by atomic mass is 10.2. The molecule has 0 saturated heterocycles. The van der Waals surface area contributed by atoms with Gasteiger partial charge in [0.15, 0.2) is 0 Å². The summed E-state index contributed by atoms with van der Waals surface area (Å²) in [6, 6.07) is 13.7. The topological polar surface area (TPSA) is 116 Å².